The zero-order chi connectivity index (χ0) is 21.8. The van der Waals surface area contributed by atoms with Crippen molar-refractivity contribution in [2.45, 2.75) is 69.9 Å². The second-order valence-corrected chi connectivity index (χ2v) is 10.5. The predicted octanol–water partition coefficient (Wildman–Crippen LogP) is 2.31. The van der Waals surface area contributed by atoms with Crippen molar-refractivity contribution in [2.75, 3.05) is 23.4 Å². The van der Waals surface area contributed by atoms with Crippen LogP contribution in [0.1, 0.15) is 47.0 Å². The molecule has 9 heteroatoms. The molecule has 1 aromatic rings. The zero-order valence-electron chi connectivity index (χ0n) is 17.8. The van der Waals surface area contributed by atoms with E-state index in [1.165, 1.54) is 6.07 Å². The molecule has 1 amide bonds. The number of para-hydroxylation sites is 1. The van der Waals surface area contributed by atoms with E-state index in [-0.39, 0.29) is 10.8 Å². The van der Waals surface area contributed by atoms with E-state index in [0.29, 0.717) is 30.3 Å². The summed E-state index contributed by atoms with van der Waals surface area (Å²) in [4.78, 5) is 12.9. The first-order chi connectivity index (χ1) is 13.4. The number of ether oxygens (including phenoxy) is 1. The molecule has 2 unspecified atom stereocenters. The third-order valence-corrected chi connectivity index (χ3v) is 5.62. The molecule has 1 fully saturated rings. The van der Waals surface area contributed by atoms with E-state index in [9.17, 15) is 18.3 Å². The van der Waals surface area contributed by atoms with Gasteiger partial charge in [-0.1, -0.05) is 13.0 Å². The highest BCUT2D eigenvalue weighted by atomic mass is 32.2. The maximum atomic E-state index is 12.8. The van der Waals surface area contributed by atoms with Crippen molar-refractivity contribution in [2.24, 2.45) is 5.92 Å². The van der Waals surface area contributed by atoms with Crippen molar-refractivity contribution < 1.29 is 23.1 Å². The van der Waals surface area contributed by atoms with Crippen LogP contribution < -0.4 is 16.0 Å². The molecule has 29 heavy (non-hydrogen) atoms. The van der Waals surface area contributed by atoms with Gasteiger partial charge in [0.15, 0.2) is 9.84 Å². The monoisotopic (exact) mass is 427 g/mol. The number of carbonyl (C=O) groups excluding carboxylic acids is 1. The lowest BCUT2D eigenvalue weighted by atomic mass is 10.2. The van der Waals surface area contributed by atoms with E-state index in [1.54, 1.807) is 39.8 Å². The fourth-order valence-electron chi connectivity index (χ4n) is 2.83. The first-order valence-electron chi connectivity index (χ1n) is 9.90. The van der Waals surface area contributed by atoms with Crippen LogP contribution >= 0.6 is 0 Å². The molecule has 0 radical (unpaired) electrons. The third kappa shape index (κ3) is 7.58. The topological polar surface area (TPSA) is 117 Å². The molecular weight excluding hydrogens is 394 g/mol. The van der Waals surface area contributed by atoms with E-state index >= 15 is 0 Å². The Kier molecular flexibility index (Phi) is 7.67. The fraction of sp³-hybridized carbons (Fsp3) is 0.650. The SMILES string of the molecule is CCC(NC(O)OC(C)(C)C)C(=O)Nc1cccc(S(C)(=O)=O)c1NCC1CC1. The molecule has 8 nitrogen and oxygen atoms in total. The Morgan fingerprint density at radius 1 is 1.31 bits per heavy atom. The summed E-state index contributed by atoms with van der Waals surface area (Å²) < 4.78 is 29.8. The number of aliphatic hydroxyl groups excluding tert-OH is 1. The van der Waals surface area contributed by atoms with Crippen LogP contribution in [0, 0.1) is 5.92 Å². The summed E-state index contributed by atoms with van der Waals surface area (Å²) in [6, 6.07) is 4.07. The van der Waals surface area contributed by atoms with Crippen LogP contribution in [0.5, 0.6) is 0 Å². The number of hydrogen-bond acceptors (Lipinski definition) is 7. The van der Waals surface area contributed by atoms with E-state index in [2.05, 4.69) is 16.0 Å². The van der Waals surface area contributed by atoms with Gasteiger partial charge in [-0.15, -0.1) is 0 Å². The molecule has 1 aliphatic rings. The van der Waals surface area contributed by atoms with Gasteiger partial charge in [-0.05, 0) is 58.1 Å². The first-order valence-corrected chi connectivity index (χ1v) is 11.8. The van der Waals surface area contributed by atoms with E-state index < -0.39 is 27.9 Å². The van der Waals surface area contributed by atoms with Crippen LogP contribution in [-0.4, -0.2) is 50.3 Å². The number of nitrogens with one attached hydrogen (secondary N) is 3. The quantitative estimate of drug-likeness (QED) is 0.423. The Morgan fingerprint density at radius 3 is 2.48 bits per heavy atom. The lowest BCUT2D eigenvalue weighted by molar-refractivity contribution is -0.186. The zero-order valence-corrected chi connectivity index (χ0v) is 18.6. The number of rotatable bonds is 10. The minimum atomic E-state index is -3.47. The molecule has 2 rings (SSSR count). The van der Waals surface area contributed by atoms with Gasteiger partial charge >= 0.3 is 0 Å². The highest BCUT2D eigenvalue weighted by Crippen LogP contribution is 2.34. The van der Waals surface area contributed by atoms with Crippen molar-refractivity contribution in [1.82, 2.24) is 5.32 Å². The second kappa shape index (κ2) is 9.42. The number of benzene rings is 1. The van der Waals surface area contributed by atoms with Gasteiger partial charge in [-0.25, -0.2) is 8.42 Å². The van der Waals surface area contributed by atoms with Gasteiger partial charge in [-0.2, -0.15) is 0 Å². The fourth-order valence-corrected chi connectivity index (χ4v) is 3.71. The van der Waals surface area contributed by atoms with Crippen molar-refractivity contribution >= 4 is 27.1 Å². The second-order valence-electron chi connectivity index (χ2n) is 8.47. The van der Waals surface area contributed by atoms with E-state index in [0.717, 1.165) is 19.1 Å². The molecule has 0 aliphatic heterocycles. The summed E-state index contributed by atoms with van der Waals surface area (Å²) >= 11 is 0. The maximum Gasteiger partial charge on any atom is 0.241 e. The molecule has 164 valence electrons. The first kappa shape index (κ1) is 23.6. The smallest absolute Gasteiger partial charge is 0.241 e. The number of carbonyl (C=O) groups is 1. The van der Waals surface area contributed by atoms with Crippen molar-refractivity contribution in [3.05, 3.63) is 18.2 Å². The van der Waals surface area contributed by atoms with Crippen LogP contribution in [0.2, 0.25) is 0 Å². The summed E-state index contributed by atoms with van der Waals surface area (Å²) in [5.74, 6) is 0.144. The Morgan fingerprint density at radius 2 is 1.97 bits per heavy atom. The molecular formula is C20H33N3O5S. The average molecular weight is 428 g/mol. The van der Waals surface area contributed by atoms with Gasteiger partial charge in [0.25, 0.3) is 0 Å². The summed E-state index contributed by atoms with van der Waals surface area (Å²) in [5.41, 5.74) is 0.215. The number of amides is 1. The molecule has 0 saturated heterocycles. The Balaban J connectivity index is 2.18. The predicted molar refractivity (Wildman–Crippen MR) is 113 cm³/mol. The van der Waals surface area contributed by atoms with E-state index in [4.69, 9.17) is 4.74 Å². The van der Waals surface area contributed by atoms with Crippen LogP contribution in [0.4, 0.5) is 11.4 Å². The average Bonchev–Trinajstić information content (AvgIpc) is 3.40. The van der Waals surface area contributed by atoms with Crippen molar-refractivity contribution in [3.8, 4) is 0 Å². The van der Waals surface area contributed by atoms with Crippen LogP contribution in [-0.2, 0) is 19.4 Å². The van der Waals surface area contributed by atoms with Crippen LogP contribution in [0.15, 0.2) is 23.1 Å². The normalized spacial score (nSPS) is 16.9. The van der Waals surface area contributed by atoms with E-state index in [1.807, 2.05) is 0 Å². The van der Waals surface area contributed by atoms with Gasteiger partial charge in [0.05, 0.1) is 27.9 Å². The summed E-state index contributed by atoms with van der Waals surface area (Å²) in [5, 5.41) is 18.8. The summed E-state index contributed by atoms with van der Waals surface area (Å²) in [6.45, 7) is 7.86. The summed E-state index contributed by atoms with van der Waals surface area (Å²) in [6.07, 6.45) is 2.48. The molecule has 2 atom stereocenters. The molecule has 0 aromatic heterocycles. The highest BCUT2D eigenvalue weighted by molar-refractivity contribution is 7.90. The van der Waals surface area contributed by atoms with Gasteiger partial charge in [0.2, 0.25) is 12.3 Å². The molecule has 1 aromatic carbocycles. The van der Waals surface area contributed by atoms with Gasteiger partial charge in [0.1, 0.15) is 0 Å². The number of aliphatic hydroxyl groups is 1. The van der Waals surface area contributed by atoms with Gasteiger partial charge < -0.3 is 20.5 Å². The lowest BCUT2D eigenvalue weighted by Crippen LogP contribution is -2.48. The van der Waals surface area contributed by atoms with Crippen molar-refractivity contribution in [1.29, 1.82) is 0 Å². The summed E-state index contributed by atoms with van der Waals surface area (Å²) in [7, 11) is -3.47. The largest absolute Gasteiger partial charge is 0.382 e. The van der Waals surface area contributed by atoms with Gasteiger partial charge in [-0.3, -0.25) is 10.1 Å². The Bertz CT molecular complexity index is 816. The standard InChI is InChI=1S/C20H33N3O5S/c1-6-14(23-19(25)28-20(2,3)4)18(24)22-15-8-7-9-16(29(5,26)27)17(15)21-12-13-10-11-13/h7-9,13-14,19,21,23,25H,6,10-12H2,1-5H3,(H,22,24). The lowest BCUT2D eigenvalue weighted by Gasteiger charge is -2.27. The Hall–Kier alpha value is -1.68. The molecule has 0 spiro atoms. The molecule has 0 heterocycles. The highest BCUT2D eigenvalue weighted by Gasteiger charge is 2.26. The van der Waals surface area contributed by atoms with Crippen LogP contribution in [0.3, 0.4) is 0 Å². The van der Waals surface area contributed by atoms with Crippen LogP contribution in [0.25, 0.3) is 0 Å². The molecule has 0 bridgehead atoms. The molecule has 4 N–H and O–H groups in total. The third-order valence-electron chi connectivity index (χ3n) is 4.48. The van der Waals surface area contributed by atoms with Gasteiger partial charge in [0, 0.05) is 12.8 Å². The number of anilines is 2. The Labute approximate surface area is 173 Å². The number of sulfone groups is 1. The molecule has 1 saturated carbocycles. The maximum absolute atomic E-state index is 12.8. The minimum absolute atomic E-state index is 0.146. The molecule has 1 aliphatic carbocycles. The van der Waals surface area contributed by atoms with Crippen molar-refractivity contribution in [3.63, 3.8) is 0 Å². The number of hydrogen-bond donors (Lipinski definition) is 4. The minimum Gasteiger partial charge on any atom is -0.382 e.